The van der Waals surface area contributed by atoms with Crippen LogP contribution in [0.2, 0.25) is 0 Å². The molecule has 0 spiro atoms. The van der Waals surface area contributed by atoms with Crippen LogP contribution in [0.15, 0.2) is 18.3 Å². The van der Waals surface area contributed by atoms with Crippen molar-refractivity contribution in [2.24, 2.45) is 5.84 Å². The lowest BCUT2D eigenvalue weighted by Crippen LogP contribution is -2.11. The number of aromatic nitrogens is 3. The van der Waals surface area contributed by atoms with E-state index < -0.39 is 0 Å². The Labute approximate surface area is 75.0 Å². The third-order valence-electron chi connectivity index (χ3n) is 1.75. The van der Waals surface area contributed by atoms with Gasteiger partial charge in [0, 0.05) is 6.20 Å². The van der Waals surface area contributed by atoms with Gasteiger partial charge in [-0.3, -0.25) is 0 Å². The van der Waals surface area contributed by atoms with Gasteiger partial charge in [0.05, 0.1) is 5.69 Å². The van der Waals surface area contributed by atoms with Crippen LogP contribution in [0.3, 0.4) is 0 Å². The number of rotatable bonds is 1. The minimum absolute atomic E-state index is 0.584. The summed E-state index contributed by atoms with van der Waals surface area (Å²) in [5.74, 6) is 5.85. The largest absolute Gasteiger partial charge is 0.307 e. The average molecular weight is 175 g/mol. The van der Waals surface area contributed by atoms with Crippen molar-refractivity contribution in [3.8, 4) is 0 Å². The highest BCUT2D eigenvalue weighted by atomic mass is 15.3. The number of nitrogens with two attached hydrogens (primary N) is 1. The van der Waals surface area contributed by atoms with E-state index in [0.29, 0.717) is 11.5 Å². The van der Waals surface area contributed by atoms with E-state index in [9.17, 15) is 0 Å². The van der Waals surface area contributed by atoms with E-state index in [0.717, 1.165) is 11.2 Å². The van der Waals surface area contributed by atoms with Crippen molar-refractivity contribution in [2.75, 3.05) is 5.43 Å². The number of nitrogens with zero attached hydrogens (tertiary/aromatic N) is 3. The second-order valence-corrected chi connectivity index (χ2v) is 2.65. The maximum absolute atomic E-state index is 5.27. The molecule has 66 valence electrons. The van der Waals surface area contributed by atoms with Gasteiger partial charge >= 0.3 is 0 Å². The molecule has 0 atom stereocenters. The van der Waals surface area contributed by atoms with E-state index in [1.807, 2.05) is 19.1 Å². The molecule has 0 aromatic carbocycles. The van der Waals surface area contributed by atoms with Gasteiger partial charge in [-0.25, -0.2) is 20.8 Å². The highest BCUT2D eigenvalue weighted by Crippen LogP contribution is 2.12. The minimum atomic E-state index is 0.584. The predicted octanol–water partition coefficient (Wildman–Crippen LogP) is 0.619. The topological polar surface area (TPSA) is 76.7 Å². The number of nitrogen functional groups attached to an aromatic ring is 1. The highest BCUT2D eigenvalue weighted by molar-refractivity contribution is 5.71. The van der Waals surface area contributed by atoms with Crippen molar-refractivity contribution in [3.63, 3.8) is 0 Å². The van der Waals surface area contributed by atoms with Crippen LogP contribution in [-0.4, -0.2) is 15.0 Å². The number of hydrogen-bond donors (Lipinski definition) is 2. The van der Waals surface area contributed by atoms with Gasteiger partial charge in [-0.1, -0.05) is 0 Å². The fourth-order valence-corrected chi connectivity index (χ4v) is 1.11. The van der Waals surface area contributed by atoms with Gasteiger partial charge in [0.1, 0.15) is 5.52 Å². The van der Waals surface area contributed by atoms with Gasteiger partial charge in [-0.15, -0.1) is 0 Å². The number of hydrogen-bond acceptors (Lipinski definition) is 5. The van der Waals surface area contributed by atoms with Crippen molar-refractivity contribution >= 4 is 17.0 Å². The molecule has 0 saturated heterocycles. The molecule has 2 heterocycles. The highest BCUT2D eigenvalue weighted by Gasteiger charge is 2.02. The maximum atomic E-state index is 5.27. The molecule has 0 amide bonds. The summed E-state index contributed by atoms with van der Waals surface area (Å²) < 4.78 is 0. The molecule has 13 heavy (non-hydrogen) atoms. The molecule has 0 aliphatic rings. The zero-order valence-electron chi connectivity index (χ0n) is 7.15. The summed E-state index contributed by atoms with van der Waals surface area (Å²) >= 11 is 0. The fourth-order valence-electron chi connectivity index (χ4n) is 1.11. The van der Waals surface area contributed by atoms with Crippen molar-refractivity contribution < 1.29 is 0 Å². The summed E-state index contributed by atoms with van der Waals surface area (Å²) in [5.41, 5.74) is 4.61. The molecule has 0 bridgehead atoms. The Hall–Kier alpha value is -1.75. The second-order valence-electron chi connectivity index (χ2n) is 2.65. The molecule has 0 saturated carbocycles. The molecule has 5 heteroatoms. The second kappa shape index (κ2) is 2.95. The summed E-state index contributed by atoms with van der Waals surface area (Å²) in [5, 5.41) is 0. The zero-order chi connectivity index (χ0) is 9.26. The normalized spacial score (nSPS) is 10.3. The summed E-state index contributed by atoms with van der Waals surface area (Å²) in [7, 11) is 0. The Bertz CT molecular complexity index is 439. The van der Waals surface area contributed by atoms with Crippen LogP contribution in [0.1, 0.15) is 5.69 Å². The Morgan fingerprint density at radius 3 is 3.00 bits per heavy atom. The van der Waals surface area contributed by atoms with Gasteiger partial charge < -0.3 is 5.43 Å². The standard InChI is InChI=1S/C8H9N5/c1-5-7(13-9)12-6-3-2-4-10-8(6)11-5/h2-4H,9H2,1H3,(H,12,13). The van der Waals surface area contributed by atoms with Crippen LogP contribution in [0.25, 0.3) is 11.2 Å². The van der Waals surface area contributed by atoms with E-state index >= 15 is 0 Å². The van der Waals surface area contributed by atoms with Gasteiger partial charge in [-0.05, 0) is 19.1 Å². The first kappa shape index (κ1) is 7.88. The van der Waals surface area contributed by atoms with Crippen molar-refractivity contribution in [2.45, 2.75) is 6.92 Å². The third kappa shape index (κ3) is 1.29. The summed E-state index contributed by atoms with van der Waals surface area (Å²) in [6.07, 6.45) is 1.69. The van der Waals surface area contributed by atoms with Gasteiger partial charge in [0.15, 0.2) is 11.5 Å². The van der Waals surface area contributed by atoms with Crippen LogP contribution < -0.4 is 11.3 Å². The fraction of sp³-hybridized carbons (Fsp3) is 0.125. The Morgan fingerprint density at radius 1 is 1.38 bits per heavy atom. The molecule has 5 nitrogen and oxygen atoms in total. The van der Waals surface area contributed by atoms with Crippen molar-refractivity contribution in [3.05, 3.63) is 24.0 Å². The maximum Gasteiger partial charge on any atom is 0.178 e. The zero-order valence-corrected chi connectivity index (χ0v) is 7.15. The molecular formula is C8H9N5. The Morgan fingerprint density at radius 2 is 2.23 bits per heavy atom. The average Bonchev–Trinajstić information content (AvgIpc) is 2.17. The van der Waals surface area contributed by atoms with Gasteiger partial charge in [-0.2, -0.15) is 0 Å². The van der Waals surface area contributed by atoms with Crippen LogP contribution in [0, 0.1) is 6.92 Å². The quantitative estimate of drug-likeness (QED) is 0.490. The molecule has 3 N–H and O–H groups in total. The molecular weight excluding hydrogens is 166 g/mol. The number of aryl methyl sites for hydroxylation is 1. The molecule has 2 rings (SSSR count). The van der Waals surface area contributed by atoms with Gasteiger partial charge in [0.2, 0.25) is 0 Å². The molecule has 0 aliphatic heterocycles. The number of hydrazine groups is 1. The monoisotopic (exact) mass is 175 g/mol. The molecule has 2 aromatic heterocycles. The first-order valence-corrected chi connectivity index (χ1v) is 3.87. The Balaban J connectivity index is 2.74. The lowest BCUT2D eigenvalue weighted by molar-refractivity contribution is 1.12. The molecule has 0 aliphatic carbocycles. The van der Waals surface area contributed by atoms with Crippen LogP contribution in [0.5, 0.6) is 0 Å². The van der Waals surface area contributed by atoms with E-state index in [-0.39, 0.29) is 0 Å². The summed E-state index contributed by atoms with van der Waals surface area (Å²) in [6, 6.07) is 3.66. The van der Waals surface area contributed by atoms with E-state index in [1.165, 1.54) is 0 Å². The molecule has 0 unspecified atom stereocenters. The number of fused-ring (bicyclic) bond motifs is 1. The van der Waals surface area contributed by atoms with Crippen molar-refractivity contribution in [1.29, 1.82) is 0 Å². The number of pyridine rings is 1. The predicted molar refractivity (Wildman–Crippen MR) is 49.9 cm³/mol. The molecule has 2 aromatic rings. The SMILES string of the molecule is Cc1nc2ncccc2nc1NN. The first-order chi connectivity index (χ1) is 6.31. The van der Waals surface area contributed by atoms with E-state index in [2.05, 4.69) is 20.4 Å². The number of nitrogens with one attached hydrogen (secondary N) is 1. The van der Waals surface area contributed by atoms with E-state index in [1.54, 1.807) is 6.20 Å². The minimum Gasteiger partial charge on any atom is -0.307 e. The molecule has 0 radical (unpaired) electrons. The van der Waals surface area contributed by atoms with Crippen LogP contribution in [0.4, 0.5) is 5.82 Å². The van der Waals surface area contributed by atoms with E-state index in [4.69, 9.17) is 5.84 Å². The first-order valence-electron chi connectivity index (χ1n) is 3.87. The van der Waals surface area contributed by atoms with Crippen LogP contribution >= 0.6 is 0 Å². The lowest BCUT2D eigenvalue weighted by atomic mass is 10.4. The van der Waals surface area contributed by atoms with Gasteiger partial charge in [0.25, 0.3) is 0 Å². The smallest absolute Gasteiger partial charge is 0.178 e. The summed E-state index contributed by atoms with van der Waals surface area (Å²) in [6.45, 7) is 1.83. The lowest BCUT2D eigenvalue weighted by Gasteiger charge is -2.03. The van der Waals surface area contributed by atoms with Crippen molar-refractivity contribution in [1.82, 2.24) is 15.0 Å². The van der Waals surface area contributed by atoms with Crippen LogP contribution in [-0.2, 0) is 0 Å². The number of anilines is 1. The Kier molecular flexibility index (Phi) is 1.79. The molecule has 0 fully saturated rings. The summed E-state index contributed by atoms with van der Waals surface area (Å²) in [4.78, 5) is 12.5. The third-order valence-corrected chi connectivity index (χ3v) is 1.75.